The van der Waals surface area contributed by atoms with Gasteiger partial charge in [-0.25, -0.2) is 0 Å². The van der Waals surface area contributed by atoms with E-state index in [1.54, 1.807) is 22.3 Å². The van der Waals surface area contributed by atoms with Crippen LogP contribution in [0.3, 0.4) is 0 Å². The van der Waals surface area contributed by atoms with Gasteiger partial charge < -0.3 is 0 Å². The van der Waals surface area contributed by atoms with E-state index in [2.05, 4.69) is 38.3 Å². The SMILES string of the molecule is C=C=CCc1cc(CC)c2c(c1CC)CCCC2. The van der Waals surface area contributed by atoms with Crippen LogP contribution in [0.4, 0.5) is 0 Å². The van der Waals surface area contributed by atoms with Crippen molar-refractivity contribution in [3.05, 3.63) is 52.3 Å². The fourth-order valence-corrected chi connectivity index (χ4v) is 3.29. The summed E-state index contributed by atoms with van der Waals surface area (Å²) < 4.78 is 0. The minimum Gasteiger partial charge on any atom is -0.133 e. The van der Waals surface area contributed by atoms with E-state index in [1.807, 2.05) is 0 Å². The Kier molecular flexibility index (Phi) is 4.44. The minimum atomic E-state index is 0.993. The van der Waals surface area contributed by atoms with Crippen molar-refractivity contribution >= 4 is 0 Å². The Hall–Kier alpha value is -1.26. The summed E-state index contributed by atoms with van der Waals surface area (Å²) in [5.74, 6) is 0. The van der Waals surface area contributed by atoms with Gasteiger partial charge in [0.15, 0.2) is 0 Å². The molecule has 2 rings (SSSR count). The molecule has 0 aromatic heterocycles. The van der Waals surface area contributed by atoms with Crippen LogP contribution in [-0.4, -0.2) is 0 Å². The van der Waals surface area contributed by atoms with Crippen LogP contribution >= 0.6 is 0 Å². The lowest BCUT2D eigenvalue weighted by Crippen LogP contribution is -2.12. The van der Waals surface area contributed by atoms with Crippen LogP contribution in [0.25, 0.3) is 0 Å². The molecule has 0 heteroatoms. The summed E-state index contributed by atoms with van der Waals surface area (Å²) in [6.07, 6.45) is 10.7. The molecule has 0 radical (unpaired) electrons. The van der Waals surface area contributed by atoms with Crippen molar-refractivity contribution in [1.29, 1.82) is 0 Å². The van der Waals surface area contributed by atoms with E-state index < -0.39 is 0 Å². The Morgan fingerprint density at radius 3 is 2.44 bits per heavy atom. The molecule has 18 heavy (non-hydrogen) atoms. The molecule has 0 bridgehead atoms. The molecule has 0 heterocycles. The van der Waals surface area contributed by atoms with Crippen LogP contribution in [0.2, 0.25) is 0 Å². The highest BCUT2D eigenvalue weighted by molar-refractivity contribution is 5.48. The summed E-state index contributed by atoms with van der Waals surface area (Å²) in [7, 11) is 0. The third-order valence-electron chi connectivity index (χ3n) is 4.16. The predicted octanol–water partition coefficient (Wildman–Crippen LogP) is 4.57. The number of allylic oxidation sites excluding steroid dienone is 1. The van der Waals surface area contributed by atoms with Gasteiger partial charge in [0.2, 0.25) is 0 Å². The van der Waals surface area contributed by atoms with Crippen molar-refractivity contribution in [2.75, 3.05) is 0 Å². The average Bonchev–Trinajstić information content (AvgIpc) is 2.43. The molecule has 0 spiro atoms. The van der Waals surface area contributed by atoms with Crippen LogP contribution < -0.4 is 0 Å². The lowest BCUT2D eigenvalue weighted by Gasteiger charge is -2.24. The summed E-state index contributed by atoms with van der Waals surface area (Å²) in [4.78, 5) is 0. The standard InChI is InChI=1S/C18H24/c1-4-7-10-15-13-14(5-2)17-11-8-9-12-18(17)16(15)6-3/h7,13H,1,5-6,8-12H2,2-3H3. The van der Waals surface area contributed by atoms with Crippen molar-refractivity contribution in [3.63, 3.8) is 0 Å². The van der Waals surface area contributed by atoms with Crippen molar-refractivity contribution in [3.8, 4) is 0 Å². The van der Waals surface area contributed by atoms with Gasteiger partial charge in [0, 0.05) is 0 Å². The van der Waals surface area contributed by atoms with E-state index in [0.29, 0.717) is 0 Å². The zero-order chi connectivity index (χ0) is 13.0. The normalized spacial score (nSPS) is 13.9. The van der Waals surface area contributed by atoms with Gasteiger partial charge in [0.1, 0.15) is 0 Å². The molecular weight excluding hydrogens is 216 g/mol. The van der Waals surface area contributed by atoms with E-state index in [9.17, 15) is 0 Å². The van der Waals surface area contributed by atoms with Gasteiger partial charge in [-0.2, -0.15) is 0 Å². The van der Waals surface area contributed by atoms with E-state index in [-0.39, 0.29) is 0 Å². The zero-order valence-electron chi connectivity index (χ0n) is 11.8. The second kappa shape index (κ2) is 6.07. The van der Waals surface area contributed by atoms with Crippen LogP contribution in [0.5, 0.6) is 0 Å². The lowest BCUT2D eigenvalue weighted by atomic mass is 9.81. The number of hydrogen-bond donors (Lipinski definition) is 0. The Bertz CT molecular complexity index is 473. The number of rotatable bonds is 4. The molecule has 1 aromatic carbocycles. The molecule has 0 N–H and O–H groups in total. The minimum absolute atomic E-state index is 0.993. The van der Waals surface area contributed by atoms with Crippen LogP contribution in [0.1, 0.15) is 54.5 Å². The third-order valence-corrected chi connectivity index (χ3v) is 4.16. The van der Waals surface area contributed by atoms with Gasteiger partial charge in [-0.3, -0.25) is 0 Å². The summed E-state index contributed by atoms with van der Waals surface area (Å²) in [5.41, 5.74) is 10.9. The maximum atomic E-state index is 3.68. The molecule has 96 valence electrons. The molecular formula is C18H24. The summed E-state index contributed by atoms with van der Waals surface area (Å²) in [5, 5.41) is 0. The zero-order valence-corrected chi connectivity index (χ0v) is 11.8. The Morgan fingerprint density at radius 1 is 1.11 bits per heavy atom. The highest BCUT2D eigenvalue weighted by Crippen LogP contribution is 2.31. The summed E-state index contributed by atoms with van der Waals surface area (Å²) >= 11 is 0. The number of benzene rings is 1. The van der Waals surface area contributed by atoms with Crippen molar-refractivity contribution in [2.24, 2.45) is 0 Å². The van der Waals surface area contributed by atoms with Crippen molar-refractivity contribution in [2.45, 2.75) is 58.8 Å². The first-order chi connectivity index (χ1) is 8.81. The van der Waals surface area contributed by atoms with Gasteiger partial charge in [-0.1, -0.05) is 26.5 Å². The fraction of sp³-hybridized carbons (Fsp3) is 0.500. The Morgan fingerprint density at radius 2 is 1.83 bits per heavy atom. The fourth-order valence-electron chi connectivity index (χ4n) is 3.29. The van der Waals surface area contributed by atoms with Crippen LogP contribution in [0.15, 0.2) is 24.5 Å². The molecule has 0 aliphatic heterocycles. The molecule has 0 fully saturated rings. The molecule has 0 saturated heterocycles. The third kappa shape index (κ3) is 2.44. The number of hydrogen-bond acceptors (Lipinski definition) is 0. The molecule has 0 unspecified atom stereocenters. The first-order valence-corrected chi connectivity index (χ1v) is 7.31. The average molecular weight is 240 g/mol. The van der Waals surface area contributed by atoms with Crippen LogP contribution in [-0.2, 0) is 32.1 Å². The molecule has 1 aromatic rings. The number of fused-ring (bicyclic) bond motifs is 1. The van der Waals surface area contributed by atoms with Crippen LogP contribution in [0, 0.1) is 0 Å². The monoisotopic (exact) mass is 240 g/mol. The maximum Gasteiger partial charge on any atom is -0.00185 e. The quantitative estimate of drug-likeness (QED) is 0.676. The van der Waals surface area contributed by atoms with Gasteiger partial charge in [-0.15, -0.1) is 5.73 Å². The molecule has 0 saturated carbocycles. The van der Waals surface area contributed by atoms with E-state index >= 15 is 0 Å². The summed E-state index contributed by atoms with van der Waals surface area (Å²) in [6.45, 7) is 8.25. The molecule has 0 nitrogen and oxygen atoms in total. The lowest BCUT2D eigenvalue weighted by molar-refractivity contribution is 0.670. The molecule has 0 amide bonds. The van der Waals surface area contributed by atoms with Gasteiger partial charge in [-0.05, 0) is 78.8 Å². The second-order valence-corrected chi connectivity index (χ2v) is 5.16. The van der Waals surface area contributed by atoms with Crippen molar-refractivity contribution in [1.82, 2.24) is 0 Å². The Labute approximate surface area is 111 Å². The summed E-state index contributed by atoms with van der Waals surface area (Å²) in [6, 6.07) is 2.44. The predicted molar refractivity (Wildman–Crippen MR) is 79.3 cm³/mol. The van der Waals surface area contributed by atoms with E-state index in [1.165, 1.54) is 31.2 Å². The number of aryl methyl sites for hydroxylation is 1. The second-order valence-electron chi connectivity index (χ2n) is 5.16. The van der Waals surface area contributed by atoms with Gasteiger partial charge >= 0.3 is 0 Å². The molecule has 1 aliphatic carbocycles. The topological polar surface area (TPSA) is 0 Å². The smallest absolute Gasteiger partial charge is 0.00185 e. The van der Waals surface area contributed by atoms with Gasteiger partial charge in [0.05, 0.1) is 0 Å². The first-order valence-electron chi connectivity index (χ1n) is 7.31. The van der Waals surface area contributed by atoms with Gasteiger partial charge in [0.25, 0.3) is 0 Å². The maximum absolute atomic E-state index is 3.68. The van der Waals surface area contributed by atoms with Crippen molar-refractivity contribution < 1.29 is 0 Å². The molecule has 0 atom stereocenters. The highest BCUT2D eigenvalue weighted by Gasteiger charge is 2.18. The van der Waals surface area contributed by atoms with E-state index in [4.69, 9.17) is 0 Å². The first kappa shape index (κ1) is 13.2. The largest absolute Gasteiger partial charge is 0.133 e. The Balaban J connectivity index is 2.55. The molecule has 1 aliphatic rings. The highest BCUT2D eigenvalue weighted by atomic mass is 14.2. The van der Waals surface area contributed by atoms with E-state index in [0.717, 1.165) is 19.3 Å².